The average molecular weight is 282 g/mol. The summed E-state index contributed by atoms with van der Waals surface area (Å²) in [5, 5.41) is 12.7. The lowest BCUT2D eigenvalue weighted by Crippen LogP contribution is -2.29. The molecule has 5 nitrogen and oxygen atoms in total. The molecule has 1 aromatic heterocycles. The molecule has 2 unspecified atom stereocenters. The van der Waals surface area contributed by atoms with E-state index in [2.05, 4.69) is 17.2 Å². The molecule has 1 fully saturated rings. The first-order valence-electron chi connectivity index (χ1n) is 6.54. The molecule has 1 aliphatic rings. The molecule has 1 aromatic rings. The topological polar surface area (TPSA) is 79.3 Å². The Bertz CT molecular complexity index is 472. The van der Waals surface area contributed by atoms with Crippen LogP contribution >= 0.6 is 11.3 Å². The summed E-state index contributed by atoms with van der Waals surface area (Å²) < 4.78 is 0. The van der Waals surface area contributed by atoms with E-state index in [4.69, 9.17) is 5.11 Å². The Morgan fingerprint density at radius 3 is 2.79 bits per heavy atom. The van der Waals surface area contributed by atoms with Gasteiger partial charge in [-0.2, -0.15) is 0 Å². The molecule has 1 saturated carbocycles. The van der Waals surface area contributed by atoms with Gasteiger partial charge < -0.3 is 10.4 Å². The minimum atomic E-state index is -0.789. The van der Waals surface area contributed by atoms with Gasteiger partial charge in [0.2, 0.25) is 5.91 Å². The molecule has 104 valence electrons. The maximum atomic E-state index is 11.9. The van der Waals surface area contributed by atoms with Crippen LogP contribution in [0.3, 0.4) is 0 Å². The number of hydrogen-bond donors (Lipinski definition) is 2. The van der Waals surface area contributed by atoms with Gasteiger partial charge in [0.05, 0.1) is 12.5 Å². The first-order chi connectivity index (χ1) is 9.10. The number of carboxylic acids is 1. The van der Waals surface area contributed by atoms with Crippen LogP contribution in [0.4, 0.5) is 0 Å². The highest BCUT2D eigenvalue weighted by molar-refractivity contribution is 7.11. The number of aromatic nitrogens is 1. The van der Waals surface area contributed by atoms with E-state index in [1.807, 2.05) is 6.20 Å². The van der Waals surface area contributed by atoms with Crippen molar-refractivity contribution in [3.05, 3.63) is 16.1 Å². The van der Waals surface area contributed by atoms with E-state index in [9.17, 15) is 9.59 Å². The van der Waals surface area contributed by atoms with Gasteiger partial charge in [-0.25, -0.2) is 4.98 Å². The van der Waals surface area contributed by atoms with Gasteiger partial charge in [0.15, 0.2) is 0 Å². The molecular formula is C13H18N2O3S. The Kier molecular flexibility index (Phi) is 4.52. The molecule has 6 heteroatoms. The van der Waals surface area contributed by atoms with Gasteiger partial charge in [0.1, 0.15) is 5.01 Å². The SMILES string of the molecule is CCc1cnc(CNC(=O)C2CCC(C(=O)O)C2)s1. The second kappa shape index (κ2) is 6.14. The van der Waals surface area contributed by atoms with Gasteiger partial charge in [0.25, 0.3) is 0 Å². The van der Waals surface area contributed by atoms with Gasteiger partial charge in [-0.3, -0.25) is 9.59 Å². The summed E-state index contributed by atoms with van der Waals surface area (Å²) in [5.74, 6) is -1.35. The third-order valence-electron chi connectivity index (χ3n) is 3.52. The second-order valence-electron chi connectivity index (χ2n) is 4.84. The third-order valence-corrected chi connectivity index (χ3v) is 4.66. The van der Waals surface area contributed by atoms with Gasteiger partial charge in [-0.15, -0.1) is 11.3 Å². The first-order valence-corrected chi connectivity index (χ1v) is 7.36. The maximum absolute atomic E-state index is 11.9. The van der Waals surface area contributed by atoms with Crippen LogP contribution in [-0.4, -0.2) is 22.0 Å². The minimum Gasteiger partial charge on any atom is -0.481 e. The summed E-state index contributed by atoms with van der Waals surface area (Å²) in [6.07, 6.45) is 4.52. The van der Waals surface area contributed by atoms with Gasteiger partial charge in [0, 0.05) is 17.0 Å². The van der Waals surface area contributed by atoms with Crippen LogP contribution in [0.5, 0.6) is 0 Å². The molecule has 1 amide bonds. The molecule has 0 aliphatic heterocycles. The molecule has 0 aromatic carbocycles. The van der Waals surface area contributed by atoms with Crippen molar-refractivity contribution in [3.8, 4) is 0 Å². The molecule has 0 bridgehead atoms. The van der Waals surface area contributed by atoms with E-state index in [1.165, 1.54) is 4.88 Å². The van der Waals surface area contributed by atoms with E-state index < -0.39 is 5.97 Å². The standard InChI is InChI=1S/C13H18N2O3S/c1-2-10-6-14-11(19-10)7-15-12(16)8-3-4-9(5-8)13(17)18/h6,8-9H,2-5,7H2,1H3,(H,15,16)(H,17,18). The van der Waals surface area contributed by atoms with E-state index >= 15 is 0 Å². The normalized spacial score (nSPS) is 22.4. The summed E-state index contributed by atoms with van der Waals surface area (Å²) in [6, 6.07) is 0. The number of amides is 1. The smallest absolute Gasteiger partial charge is 0.306 e. The molecule has 2 N–H and O–H groups in total. The molecule has 0 saturated heterocycles. The number of carbonyl (C=O) groups excluding carboxylic acids is 1. The number of aryl methyl sites for hydroxylation is 1. The molecule has 0 radical (unpaired) electrons. The highest BCUT2D eigenvalue weighted by Gasteiger charge is 2.33. The molecule has 2 atom stereocenters. The van der Waals surface area contributed by atoms with Crippen molar-refractivity contribution in [3.63, 3.8) is 0 Å². The maximum Gasteiger partial charge on any atom is 0.306 e. The third kappa shape index (κ3) is 3.53. The van der Waals surface area contributed by atoms with Crippen molar-refractivity contribution in [2.75, 3.05) is 0 Å². The van der Waals surface area contributed by atoms with Crippen LogP contribution < -0.4 is 5.32 Å². The zero-order valence-corrected chi connectivity index (χ0v) is 11.7. The second-order valence-corrected chi connectivity index (χ2v) is 6.04. The fraction of sp³-hybridized carbons (Fsp3) is 0.615. The zero-order chi connectivity index (χ0) is 13.8. The summed E-state index contributed by atoms with van der Waals surface area (Å²) in [4.78, 5) is 28.2. The number of thiazole rings is 1. The fourth-order valence-electron chi connectivity index (χ4n) is 2.34. The molecule has 1 aliphatic carbocycles. The summed E-state index contributed by atoms with van der Waals surface area (Å²) in [6.45, 7) is 2.51. The van der Waals surface area contributed by atoms with E-state index in [1.54, 1.807) is 11.3 Å². The number of hydrogen-bond acceptors (Lipinski definition) is 4. The molecular weight excluding hydrogens is 264 g/mol. The number of nitrogens with zero attached hydrogens (tertiary/aromatic N) is 1. The molecule has 0 spiro atoms. The minimum absolute atomic E-state index is 0.0444. The average Bonchev–Trinajstić information content (AvgIpc) is 3.04. The van der Waals surface area contributed by atoms with E-state index in [0.717, 1.165) is 11.4 Å². The fourth-order valence-corrected chi connectivity index (χ4v) is 3.15. The Balaban J connectivity index is 1.80. The van der Waals surface area contributed by atoms with Crippen LogP contribution in [0.15, 0.2) is 6.20 Å². The number of nitrogens with one attached hydrogen (secondary N) is 1. The van der Waals surface area contributed by atoms with Crippen LogP contribution in [0.2, 0.25) is 0 Å². The van der Waals surface area contributed by atoms with Crippen molar-refractivity contribution < 1.29 is 14.7 Å². The quantitative estimate of drug-likeness (QED) is 0.863. The number of carbonyl (C=O) groups is 2. The summed E-state index contributed by atoms with van der Waals surface area (Å²) in [7, 11) is 0. The van der Waals surface area contributed by atoms with E-state index in [0.29, 0.717) is 25.8 Å². The van der Waals surface area contributed by atoms with Crippen LogP contribution in [0.25, 0.3) is 0 Å². The molecule has 1 heterocycles. The summed E-state index contributed by atoms with van der Waals surface area (Å²) in [5.41, 5.74) is 0. The lowest BCUT2D eigenvalue weighted by atomic mass is 10.0. The van der Waals surface area contributed by atoms with Gasteiger partial charge >= 0.3 is 5.97 Å². The summed E-state index contributed by atoms with van der Waals surface area (Å²) >= 11 is 1.60. The Morgan fingerprint density at radius 2 is 2.21 bits per heavy atom. The highest BCUT2D eigenvalue weighted by Crippen LogP contribution is 2.31. The van der Waals surface area contributed by atoms with Gasteiger partial charge in [-0.1, -0.05) is 6.92 Å². The molecule has 2 rings (SSSR count). The number of rotatable bonds is 5. The Morgan fingerprint density at radius 1 is 1.47 bits per heavy atom. The molecule has 19 heavy (non-hydrogen) atoms. The Labute approximate surface area is 116 Å². The van der Waals surface area contributed by atoms with Crippen molar-refractivity contribution in [2.45, 2.75) is 39.2 Å². The Hall–Kier alpha value is -1.43. The monoisotopic (exact) mass is 282 g/mol. The predicted molar refractivity (Wildman–Crippen MR) is 71.8 cm³/mol. The van der Waals surface area contributed by atoms with Crippen molar-refractivity contribution >= 4 is 23.2 Å². The van der Waals surface area contributed by atoms with Crippen molar-refractivity contribution in [1.82, 2.24) is 10.3 Å². The van der Waals surface area contributed by atoms with Crippen LogP contribution in [0, 0.1) is 11.8 Å². The lowest BCUT2D eigenvalue weighted by Gasteiger charge is -2.09. The van der Waals surface area contributed by atoms with Crippen molar-refractivity contribution in [1.29, 1.82) is 0 Å². The van der Waals surface area contributed by atoms with Crippen LogP contribution in [0.1, 0.15) is 36.1 Å². The predicted octanol–water partition coefficient (Wildman–Crippen LogP) is 1.82. The highest BCUT2D eigenvalue weighted by atomic mass is 32.1. The zero-order valence-electron chi connectivity index (χ0n) is 10.9. The van der Waals surface area contributed by atoms with Crippen molar-refractivity contribution in [2.24, 2.45) is 11.8 Å². The van der Waals surface area contributed by atoms with Gasteiger partial charge in [-0.05, 0) is 25.7 Å². The number of aliphatic carboxylic acids is 1. The number of carboxylic acid groups (broad SMARTS) is 1. The van der Waals surface area contributed by atoms with E-state index in [-0.39, 0.29) is 17.7 Å². The lowest BCUT2D eigenvalue weighted by molar-refractivity contribution is -0.141. The largest absolute Gasteiger partial charge is 0.481 e. The first kappa shape index (κ1) is 14.0. The van der Waals surface area contributed by atoms with Crippen LogP contribution in [-0.2, 0) is 22.6 Å².